The summed E-state index contributed by atoms with van der Waals surface area (Å²) in [6.07, 6.45) is 1.41. The minimum atomic E-state index is 0.197. The molecule has 2 nitrogen and oxygen atoms in total. The van der Waals surface area contributed by atoms with E-state index in [2.05, 4.69) is 71.1 Å². The van der Waals surface area contributed by atoms with Crippen molar-refractivity contribution in [1.29, 1.82) is 0 Å². The van der Waals surface area contributed by atoms with Gasteiger partial charge in [-0.3, -0.25) is 0 Å². The maximum absolute atomic E-state index is 5.93. The third kappa shape index (κ3) is 6.42. The van der Waals surface area contributed by atoms with Gasteiger partial charge in [0, 0.05) is 6.54 Å². The van der Waals surface area contributed by atoms with Crippen molar-refractivity contribution in [1.82, 2.24) is 5.32 Å². The van der Waals surface area contributed by atoms with Gasteiger partial charge in [-0.1, -0.05) is 46.8 Å². The highest BCUT2D eigenvalue weighted by Gasteiger charge is 2.13. The monoisotopic (exact) mass is 277 g/mol. The van der Waals surface area contributed by atoms with E-state index in [9.17, 15) is 0 Å². The van der Waals surface area contributed by atoms with Crippen molar-refractivity contribution < 1.29 is 4.74 Å². The predicted octanol–water partition coefficient (Wildman–Crippen LogP) is 4.39. The molecule has 1 N–H and O–H groups in total. The third-order valence-corrected chi connectivity index (χ3v) is 3.39. The molecule has 1 aromatic carbocycles. The molecule has 0 radical (unpaired) electrons. The third-order valence-electron chi connectivity index (χ3n) is 3.39. The maximum atomic E-state index is 5.93. The number of ether oxygens (including phenoxy) is 1. The van der Waals surface area contributed by atoms with Gasteiger partial charge in [0.25, 0.3) is 0 Å². The highest BCUT2D eigenvalue weighted by molar-refractivity contribution is 5.31. The summed E-state index contributed by atoms with van der Waals surface area (Å²) in [5.74, 6) is 1.71. The molecule has 1 atom stereocenters. The van der Waals surface area contributed by atoms with Gasteiger partial charge < -0.3 is 10.1 Å². The van der Waals surface area contributed by atoms with Crippen LogP contribution in [0.15, 0.2) is 24.3 Å². The summed E-state index contributed by atoms with van der Waals surface area (Å²) in [6, 6.07) is 8.47. The second-order valence-corrected chi connectivity index (χ2v) is 7.09. The molecule has 1 aromatic rings. The summed E-state index contributed by atoms with van der Waals surface area (Å²) in [5, 5.41) is 3.45. The first-order valence-corrected chi connectivity index (χ1v) is 7.77. The Morgan fingerprint density at radius 2 is 1.65 bits per heavy atom. The summed E-state index contributed by atoms with van der Waals surface area (Å²) in [6.45, 7) is 15.2. The first kappa shape index (κ1) is 17.0. The molecule has 2 heteroatoms. The van der Waals surface area contributed by atoms with Crippen molar-refractivity contribution in [2.45, 2.75) is 59.5 Å². The summed E-state index contributed by atoms with van der Waals surface area (Å²) >= 11 is 0. The van der Waals surface area contributed by atoms with E-state index < -0.39 is 0 Å². The van der Waals surface area contributed by atoms with E-state index in [1.54, 1.807) is 0 Å². The van der Waals surface area contributed by atoms with Crippen molar-refractivity contribution in [3.63, 3.8) is 0 Å². The molecule has 114 valence electrons. The maximum Gasteiger partial charge on any atom is 0.119 e. The highest BCUT2D eigenvalue weighted by Crippen LogP contribution is 2.24. The van der Waals surface area contributed by atoms with E-state index in [1.807, 2.05) is 0 Å². The van der Waals surface area contributed by atoms with Gasteiger partial charge in [0.15, 0.2) is 0 Å². The van der Waals surface area contributed by atoms with Crippen LogP contribution < -0.4 is 10.1 Å². The summed E-state index contributed by atoms with van der Waals surface area (Å²) < 4.78 is 5.93. The van der Waals surface area contributed by atoms with Crippen molar-refractivity contribution >= 4 is 0 Å². The highest BCUT2D eigenvalue weighted by atomic mass is 16.5. The van der Waals surface area contributed by atoms with E-state index >= 15 is 0 Å². The van der Waals surface area contributed by atoms with E-state index in [0.717, 1.165) is 24.8 Å². The van der Waals surface area contributed by atoms with Crippen molar-refractivity contribution in [3.05, 3.63) is 29.8 Å². The van der Waals surface area contributed by atoms with Gasteiger partial charge >= 0.3 is 0 Å². The molecule has 0 saturated carbocycles. The Kier molecular flexibility index (Phi) is 6.54. The van der Waals surface area contributed by atoms with Gasteiger partial charge in [-0.25, -0.2) is 0 Å². The number of hydrogen-bond acceptors (Lipinski definition) is 2. The van der Waals surface area contributed by atoms with Crippen LogP contribution >= 0.6 is 0 Å². The molecule has 0 spiro atoms. The van der Waals surface area contributed by atoms with Crippen molar-refractivity contribution in [2.75, 3.05) is 13.1 Å². The number of nitrogens with one attached hydrogen (secondary N) is 1. The van der Waals surface area contributed by atoms with E-state index in [1.165, 1.54) is 12.0 Å². The first-order valence-electron chi connectivity index (χ1n) is 7.77. The topological polar surface area (TPSA) is 21.3 Å². The van der Waals surface area contributed by atoms with Crippen LogP contribution in [0.5, 0.6) is 5.75 Å². The zero-order valence-electron chi connectivity index (χ0n) is 14.0. The molecule has 1 unspecified atom stereocenters. The van der Waals surface area contributed by atoms with Crippen LogP contribution in [0.25, 0.3) is 0 Å². The average molecular weight is 277 g/mol. The Bertz CT molecular complexity index is 375. The SMILES string of the molecule is CC(C)CCNCC(C)Oc1ccc(C(C)(C)C)cc1. The molecule has 1 rings (SSSR count). The summed E-state index contributed by atoms with van der Waals surface area (Å²) in [4.78, 5) is 0. The number of benzene rings is 1. The second kappa shape index (κ2) is 7.68. The lowest BCUT2D eigenvalue weighted by Crippen LogP contribution is -2.30. The lowest BCUT2D eigenvalue weighted by Gasteiger charge is -2.20. The fourth-order valence-corrected chi connectivity index (χ4v) is 2.00. The van der Waals surface area contributed by atoms with Gasteiger partial charge in [0.1, 0.15) is 11.9 Å². The Balaban J connectivity index is 2.37. The lowest BCUT2D eigenvalue weighted by atomic mass is 9.87. The zero-order chi connectivity index (χ0) is 15.2. The average Bonchev–Trinajstić information content (AvgIpc) is 2.34. The van der Waals surface area contributed by atoms with Crippen molar-refractivity contribution in [2.24, 2.45) is 5.92 Å². The molecule has 20 heavy (non-hydrogen) atoms. The molecule has 0 aliphatic carbocycles. The van der Waals surface area contributed by atoms with Crippen LogP contribution in [-0.2, 0) is 5.41 Å². The second-order valence-electron chi connectivity index (χ2n) is 7.09. The van der Waals surface area contributed by atoms with Crippen LogP contribution in [-0.4, -0.2) is 19.2 Å². The van der Waals surface area contributed by atoms with Crippen LogP contribution in [0, 0.1) is 5.92 Å². The zero-order valence-corrected chi connectivity index (χ0v) is 14.0. The number of rotatable bonds is 7. The largest absolute Gasteiger partial charge is 0.489 e. The van der Waals surface area contributed by atoms with E-state index in [-0.39, 0.29) is 11.5 Å². The fraction of sp³-hybridized carbons (Fsp3) is 0.667. The minimum absolute atomic E-state index is 0.197. The standard InChI is InChI=1S/C18H31NO/c1-14(2)11-12-19-13-15(3)20-17-9-7-16(8-10-17)18(4,5)6/h7-10,14-15,19H,11-13H2,1-6H3. The van der Waals surface area contributed by atoms with Gasteiger partial charge in [0.05, 0.1) is 0 Å². The molecule has 0 bridgehead atoms. The molecule has 0 aromatic heterocycles. The van der Waals surface area contributed by atoms with E-state index in [4.69, 9.17) is 4.74 Å². The lowest BCUT2D eigenvalue weighted by molar-refractivity contribution is 0.216. The molecule has 0 fully saturated rings. The van der Waals surface area contributed by atoms with Crippen LogP contribution in [0.2, 0.25) is 0 Å². The number of hydrogen-bond donors (Lipinski definition) is 1. The van der Waals surface area contributed by atoms with Crippen molar-refractivity contribution in [3.8, 4) is 5.75 Å². The van der Waals surface area contributed by atoms with Crippen LogP contribution in [0.1, 0.15) is 53.5 Å². The molecular formula is C18H31NO. The normalized spacial score (nSPS) is 13.6. The Morgan fingerprint density at radius 3 is 2.15 bits per heavy atom. The van der Waals surface area contributed by atoms with Gasteiger partial charge in [-0.2, -0.15) is 0 Å². The predicted molar refractivity (Wildman–Crippen MR) is 87.6 cm³/mol. The smallest absolute Gasteiger partial charge is 0.119 e. The molecule has 0 amide bonds. The van der Waals surface area contributed by atoms with E-state index in [0.29, 0.717) is 0 Å². The first-order chi connectivity index (χ1) is 9.29. The summed E-state index contributed by atoms with van der Waals surface area (Å²) in [5.41, 5.74) is 1.54. The fourth-order valence-electron chi connectivity index (χ4n) is 2.00. The molecule has 0 saturated heterocycles. The van der Waals surface area contributed by atoms with Gasteiger partial charge in [-0.15, -0.1) is 0 Å². The Morgan fingerprint density at radius 1 is 1.05 bits per heavy atom. The van der Waals surface area contributed by atoms with Crippen LogP contribution in [0.4, 0.5) is 0 Å². The van der Waals surface area contributed by atoms with Gasteiger partial charge in [0.2, 0.25) is 0 Å². The Labute approximate surface area is 124 Å². The minimum Gasteiger partial charge on any atom is -0.489 e. The van der Waals surface area contributed by atoms with Crippen LogP contribution in [0.3, 0.4) is 0 Å². The molecular weight excluding hydrogens is 246 g/mol. The summed E-state index contributed by atoms with van der Waals surface area (Å²) in [7, 11) is 0. The molecule has 0 aliphatic heterocycles. The molecule has 0 aliphatic rings. The Hall–Kier alpha value is -1.02. The quantitative estimate of drug-likeness (QED) is 0.746. The molecule has 0 heterocycles. The van der Waals surface area contributed by atoms with Gasteiger partial charge in [-0.05, 0) is 48.9 Å².